The quantitative estimate of drug-likeness (QED) is 0.293. The van der Waals surface area contributed by atoms with Gasteiger partial charge >= 0.3 is 5.97 Å². The standard InChI is InChI=1S/C23H23ClN2O2S/c1-2-28-22(27)20-13-12-18(15-21(20)24)26-23(29)25-14-6-10-17-9-5-8-16-7-3-4-11-19(16)17/h3-5,7-9,11-13,15H,2,6,10,14H2,1H3,(H2,25,26,29). The van der Waals surface area contributed by atoms with Gasteiger partial charge in [-0.1, -0.05) is 54.1 Å². The van der Waals surface area contributed by atoms with Crippen molar-refractivity contribution >= 4 is 51.4 Å². The van der Waals surface area contributed by atoms with Gasteiger partial charge in [-0.05, 0) is 66.5 Å². The number of thiocarbonyl (C=S) groups is 1. The van der Waals surface area contributed by atoms with Crippen LogP contribution in [0.5, 0.6) is 0 Å². The molecule has 0 radical (unpaired) electrons. The van der Waals surface area contributed by atoms with Crippen LogP contribution in [0.4, 0.5) is 5.69 Å². The van der Waals surface area contributed by atoms with Gasteiger partial charge in [-0.2, -0.15) is 0 Å². The molecule has 0 aliphatic carbocycles. The van der Waals surface area contributed by atoms with Crippen molar-refractivity contribution in [1.29, 1.82) is 0 Å². The summed E-state index contributed by atoms with van der Waals surface area (Å²) in [6, 6.07) is 19.9. The summed E-state index contributed by atoms with van der Waals surface area (Å²) < 4.78 is 4.98. The molecule has 150 valence electrons. The molecule has 0 saturated heterocycles. The molecule has 0 unspecified atom stereocenters. The Bertz CT molecular complexity index is 1020. The SMILES string of the molecule is CCOC(=O)c1ccc(NC(=S)NCCCc2cccc3ccccc23)cc1Cl. The molecule has 0 aliphatic heterocycles. The van der Waals surface area contributed by atoms with Crippen molar-refractivity contribution in [1.82, 2.24) is 5.32 Å². The lowest BCUT2D eigenvalue weighted by atomic mass is 10.0. The van der Waals surface area contributed by atoms with Crippen molar-refractivity contribution in [2.24, 2.45) is 0 Å². The highest BCUT2D eigenvalue weighted by atomic mass is 35.5. The molecule has 4 nitrogen and oxygen atoms in total. The van der Waals surface area contributed by atoms with E-state index >= 15 is 0 Å². The Balaban J connectivity index is 1.49. The molecule has 0 aliphatic rings. The van der Waals surface area contributed by atoms with Gasteiger partial charge in [-0.25, -0.2) is 4.79 Å². The van der Waals surface area contributed by atoms with Gasteiger partial charge in [0.05, 0.1) is 17.2 Å². The van der Waals surface area contributed by atoms with Gasteiger partial charge in [-0.15, -0.1) is 0 Å². The third kappa shape index (κ3) is 5.68. The molecule has 0 spiro atoms. The minimum atomic E-state index is -0.432. The number of hydrogen-bond acceptors (Lipinski definition) is 3. The molecule has 3 aromatic rings. The molecule has 0 aromatic heterocycles. The zero-order chi connectivity index (χ0) is 20.6. The molecule has 6 heteroatoms. The summed E-state index contributed by atoms with van der Waals surface area (Å²) in [4.78, 5) is 11.8. The predicted octanol–water partition coefficient (Wildman–Crippen LogP) is 5.59. The van der Waals surface area contributed by atoms with Gasteiger partial charge in [0.2, 0.25) is 0 Å². The molecule has 0 bridgehead atoms. The van der Waals surface area contributed by atoms with E-state index in [-0.39, 0.29) is 0 Å². The molecule has 0 saturated carbocycles. The van der Waals surface area contributed by atoms with E-state index < -0.39 is 5.97 Å². The number of anilines is 1. The van der Waals surface area contributed by atoms with Gasteiger partial charge < -0.3 is 15.4 Å². The first kappa shape index (κ1) is 21.1. The van der Waals surface area contributed by atoms with Crippen molar-refractivity contribution in [2.45, 2.75) is 19.8 Å². The monoisotopic (exact) mass is 426 g/mol. The van der Waals surface area contributed by atoms with Crippen LogP contribution in [0.1, 0.15) is 29.3 Å². The van der Waals surface area contributed by atoms with Gasteiger partial charge in [-0.3, -0.25) is 0 Å². The van der Waals surface area contributed by atoms with E-state index in [1.165, 1.54) is 16.3 Å². The number of carbonyl (C=O) groups is 1. The average molecular weight is 427 g/mol. The van der Waals surface area contributed by atoms with Crippen molar-refractivity contribution in [3.05, 3.63) is 76.8 Å². The zero-order valence-electron chi connectivity index (χ0n) is 16.2. The van der Waals surface area contributed by atoms with Crippen LogP contribution in [0.3, 0.4) is 0 Å². The second-order valence-corrected chi connectivity index (χ2v) is 7.35. The lowest BCUT2D eigenvalue weighted by molar-refractivity contribution is 0.0526. The third-order valence-corrected chi connectivity index (χ3v) is 5.07. The van der Waals surface area contributed by atoms with Gasteiger partial charge in [0, 0.05) is 12.2 Å². The average Bonchev–Trinajstić information content (AvgIpc) is 2.71. The number of benzene rings is 3. The molecule has 0 amide bonds. The van der Waals surface area contributed by atoms with E-state index in [4.69, 9.17) is 28.6 Å². The highest BCUT2D eigenvalue weighted by molar-refractivity contribution is 7.80. The minimum Gasteiger partial charge on any atom is -0.462 e. The Morgan fingerprint density at radius 2 is 1.90 bits per heavy atom. The van der Waals surface area contributed by atoms with Crippen LogP contribution in [0.25, 0.3) is 10.8 Å². The number of nitrogens with one attached hydrogen (secondary N) is 2. The Labute approximate surface area is 181 Å². The first-order valence-corrected chi connectivity index (χ1v) is 10.3. The van der Waals surface area contributed by atoms with Crippen LogP contribution in [0, 0.1) is 0 Å². The van der Waals surface area contributed by atoms with Gasteiger partial charge in [0.25, 0.3) is 0 Å². The molecule has 2 N–H and O–H groups in total. The lowest BCUT2D eigenvalue weighted by Gasteiger charge is -2.12. The maximum Gasteiger partial charge on any atom is 0.339 e. The molecule has 3 rings (SSSR count). The number of hydrogen-bond donors (Lipinski definition) is 2. The summed E-state index contributed by atoms with van der Waals surface area (Å²) in [6.07, 6.45) is 1.93. The highest BCUT2D eigenvalue weighted by Gasteiger charge is 2.12. The van der Waals surface area contributed by atoms with E-state index in [0.717, 1.165) is 25.1 Å². The molecule has 29 heavy (non-hydrogen) atoms. The largest absolute Gasteiger partial charge is 0.462 e. The first-order valence-electron chi connectivity index (χ1n) is 9.56. The van der Waals surface area contributed by atoms with Crippen LogP contribution in [0.2, 0.25) is 5.02 Å². The molecule has 0 heterocycles. The maximum atomic E-state index is 11.8. The fourth-order valence-electron chi connectivity index (χ4n) is 3.13. The number of esters is 1. The topological polar surface area (TPSA) is 50.4 Å². The second-order valence-electron chi connectivity index (χ2n) is 6.54. The van der Waals surface area contributed by atoms with E-state index in [2.05, 4.69) is 53.1 Å². The summed E-state index contributed by atoms with van der Waals surface area (Å²) in [7, 11) is 0. The fourth-order valence-corrected chi connectivity index (χ4v) is 3.61. The van der Waals surface area contributed by atoms with E-state index in [1.54, 1.807) is 25.1 Å². The van der Waals surface area contributed by atoms with Crippen LogP contribution in [-0.4, -0.2) is 24.2 Å². The van der Waals surface area contributed by atoms with Crippen molar-refractivity contribution in [3.8, 4) is 0 Å². The van der Waals surface area contributed by atoms with Gasteiger partial charge in [0.1, 0.15) is 0 Å². The maximum absolute atomic E-state index is 11.8. The summed E-state index contributed by atoms with van der Waals surface area (Å²) in [5.74, 6) is -0.432. The molecule has 0 fully saturated rings. The second kappa shape index (κ2) is 10.2. The van der Waals surface area contributed by atoms with E-state index in [0.29, 0.717) is 22.3 Å². The number of aryl methyl sites for hydroxylation is 1. The number of halogens is 1. The Kier molecular flexibility index (Phi) is 7.44. The van der Waals surface area contributed by atoms with Crippen LogP contribution in [0.15, 0.2) is 60.7 Å². The Morgan fingerprint density at radius 3 is 2.69 bits per heavy atom. The highest BCUT2D eigenvalue weighted by Crippen LogP contribution is 2.22. The first-order chi connectivity index (χ1) is 14.1. The smallest absolute Gasteiger partial charge is 0.339 e. The third-order valence-electron chi connectivity index (χ3n) is 4.51. The molecule has 0 atom stereocenters. The fraction of sp³-hybridized carbons (Fsp3) is 0.217. The zero-order valence-corrected chi connectivity index (χ0v) is 17.8. The van der Waals surface area contributed by atoms with E-state index in [1.807, 2.05) is 0 Å². The number of ether oxygens (including phenoxy) is 1. The summed E-state index contributed by atoms with van der Waals surface area (Å²) in [6.45, 7) is 2.82. The lowest BCUT2D eigenvalue weighted by Crippen LogP contribution is -2.29. The van der Waals surface area contributed by atoms with Crippen molar-refractivity contribution in [3.63, 3.8) is 0 Å². The summed E-state index contributed by atoms with van der Waals surface area (Å²) >= 11 is 11.5. The predicted molar refractivity (Wildman–Crippen MR) is 124 cm³/mol. The number of carbonyl (C=O) groups excluding carboxylic acids is 1. The van der Waals surface area contributed by atoms with Crippen LogP contribution in [-0.2, 0) is 11.2 Å². The molecule has 3 aromatic carbocycles. The van der Waals surface area contributed by atoms with Crippen LogP contribution >= 0.6 is 23.8 Å². The number of rotatable bonds is 7. The Morgan fingerprint density at radius 1 is 1.10 bits per heavy atom. The normalized spacial score (nSPS) is 10.6. The molecular weight excluding hydrogens is 404 g/mol. The van der Waals surface area contributed by atoms with Crippen molar-refractivity contribution in [2.75, 3.05) is 18.5 Å². The number of fused-ring (bicyclic) bond motifs is 1. The van der Waals surface area contributed by atoms with Crippen molar-refractivity contribution < 1.29 is 9.53 Å². The minimum absolute atomic E-state index is 0.307. The van der Waals surface area contributed by atoms with Gasteiger partial charge in [0.15, 0.2) is 5.11 Å². The van der Waals surface area contributed by atoms with E-state index in [9.17, 15) is 4.79 Å². The summed E-state index contributed by atoms with van der Waals surface area (Å²) in [5.41, 5.74) is 2.40. The summed E-state index contributed by atoms with van der Waals surface area (Å²) in [5, 5.41) is 9.71. The Hall–Kier alpha value is -2.63. The van der Waals surface area contributed by atoms with Crippen LogP contribution < -0.4 is 10.6 Å². The molecular formula is C23H23ClN2O2S.